The van der Waals surface area contributed by atoms with Crippen LogP contribution >= 0.6 is 0 Å². The Morgan fingerprint density at radius 1 is 1.43 bits per heavy atom. The van der Waals surface area contributed by atoms with Crippen LogP contribution in [-0.4, -0.2) is 17.6 Å². The Kier molecular flexibility index (Phi) is 4.13. The largest absolute Gasteiger partial charge is 0.481 e. The third kappa shape index (κ3) is 3.18. The number of benzene rings is 1. The molecule has 0 amide bonds. The van der Waals surface area contributed by atoms with Crippen LogP contribution in [0.4, 0.5) is 0 Å². The second-order valence-corrected chi connectivity index (χ2v) is 3.12. The molecule has 3 nitrogen and oxygen atoms in total. The Hall–Kier alpha value is -1.35. The van der Waals surface area contributed by atoms with Crippen molar-refractivity contribution in [2.24, 2.45) is 0 Å². The van der Waals surface area contributed by atoms with E-state index in [1.54, 1.807) is 0 Å². The van der Waals surface area contributed by atoms with E-state index in [2.05, 4.69) is 5.32 Å². The van der Waals surface area contributed by atoms with Crippen molar-refractivity contribution >= 4 is 5.97 Å². The van der Waals surface area contributed by atoms with E-state index in [1.807, 2.05) is 37.3 Å². The van der Waals surface area contributed by atoms with Crippen molar-refractivity contribution < 1.29 is 9.90 Å². The first-order valence-corrected chi connectivity index (χ1v) is 4.74. The molecular weight excluding hydrogens is 178 g/mol. The highest BCUT2D eigenvalue weighted by atomic mass is 16.4. The molecule has 0 unspecified atom stereocenters. The van der Waals surface area contributed by atoms with Crippen molar-refractivity contribution in [2.45, 2.75) is 19.4 Å². The number of hydrogen-bond donors (Lipinski definition) is 2. The maximum Gasteiger partial charge on any atom is 0.305 e. The van der Waals surface area contributed by atoms with Crippen molar-refractivity contribution in [3.63, 3.8) is 0 Å². The fraction of sp³-hybridized carbons (Fsp3) is 0.364. The monoisotopic (exact) mass is 193 g/mol. The second kappa shape index (κ2) is 5.40. The van der Waals surface area contributed by atoms with Gasteiger partial charge in [-0.2, -0.15) is 0 Å². The maximum atomic E-state index is 10.6. The minimum absolute atomic E-state index is 0.0845. The van der Waals surface area contributed by atoms with Gasteiger partial charge in [-0.15, -0.1) is 0 Å². The van der Waals surface area contributed by atoms with E-state index >= 15 is 0 Å². The summed E-state index contributed by atoms with van der Waals surface area (Å²) in [6.45, 7) is 2.74. The van der Waals surface area contributed by atoms with Gasteiger partial charge in [-0.05, 0) is 12.1 Å². The molecule has 0 aromatic heterocycles. The number of carbonyl (C=O) groups is 1. The molecule has 0 heterocycles. The van der Waals surface area contributed by atoms with Crippen LogP contribution in [0.2, 0.25) is 0 Å². The molecule has 1 atom stereocenters. The van der Waals surface area contributed by atoms with Gasteiger partial charge in [0.2, 0.25) is 0 Å². The molecule has 76 valence electrons. The molecule has 0 aliphatic rings. The molecule has 1 aromatic rings. The van der Waals surface area contributed by atoms with Crippen molar-refractivity contribution in [3.05, 3.63) is 35.9 Å². The Bertz CT molecular complexity index is 285. The molecule has 0 saturated carbocycles. The van der Waals surface area contributed by atoms with E-state index in [1.165, 1.54) is 0 Å². The minimum Gasteiger partial charge on any atom is -0.481 e. The summed E-state index contributed by atoms with van der Waals surface area (Å²) in [5, 5.41) is 11.9. The van der Waals surface area contributed by atoms with Gasteiger partial charge in [-0.25, -0.2) is 0 Å². The summed E-state index contributed by atoms with van der Waals surface area (Å²) in [6.07, 6.45) is 0.123. The quantitative estimate of drug-likeness (QED) is 0.749. The number of nitrogens with one attached hydrogen (secondary N) is 1. The summed E-state index contributed by atoms with van der Waals surface area (Å²) in [5.74, 6) is -0.778. The summed E-state index contributed by atoms with van der Waals surface area (Å²) in [5.41, 5.74) is 1.02. The van der Waals surface area contributed by atoms with E-state index in [0.717, 1.165) is 12.1 Å². The first kappa shape index (κ1) is 10.7. The summed E-state index contributed by atoms with van der Waals surface area (Å²) >= 11 is 0. The highest BCUT2D eigenvalue weighted by Crippen LogP contribution is 2.15. The minimum atomic E-state index is -0.778. The topological polar surface area (TPSA) is 49.3 Å². The molecule has 0 bridgehead atoms. The standard InChI is InChI=1S/C11H15NO2/c1-2-12-10(8-11(13)14)9-6-4-3-5-7-9/h3-7,10,12H,2,8H2,1H3,(H,13,14)/t10-/m0/s1. The van der Waals surface area contributed by atoms with Crippen LogP contribution in [-0.2, 0) is 4.79 Å². The van der Waals surface area contributed by atoms with Gasteiger partial charge in [-0.1, -0.05) is 37.3 Å². The Labute approximate surface area is 83.8 Å². The maximum absolute atomic E-state index is 10.6. The average molecular weight is 193 g/mol. The van der Waals surface area contributed by atoms with Crippen LogP contribution in [0.5, 0.6) is 0 Å². The summed E-state index contributed by atoms with van der Waals surface area (Å²) in [7, 11) is 0. The lowest BCUT2D eigenvalue weighted by Gasteiger charge is -2.15. The molecule has 0 radical (unpaired) electrons. The first-order chi connectivity index (χ1) is 6.74. The summed E-state index contributed by atoms with van der Waals surface area (Å²) in [4.78, 5) is 10.6. The molecule has 0 spiro atoms. The zero-order valence-electron chi connectivity index (χ0n) is 8.23. The van der Waals surface area contributed by atoms with Crippen LogP contribution in [0.3, 0.4) is 0 Å². The molecule has 14 heavy (non-hydrogen) atoms. The van der Waals surface area contributed by atoms with Crippen molar-refractivity contribution in [3.8, 4) is 0 Å². The normalized spacial score (nSPS) is 12.4. The number of hydrogen-bond acceptors (Lipinski definition) is 2. The summed E-state index contributed by atoms with van der Waals surface area (Å²) < 4.78 is 0. The van der Waals surface area contributed by atoms with E-state index in [-0.39, 0.29) is 12.5 Å². The van der Waals surface area contributed by atoms with E-state index in [4.69, 9.17) is 5.11 Å². The fourth-order valence-corrected chi connectivity index (χ4v) is 1.41. The molecule has 0 saturated heterocycles. The Morgan fingerprint density at radius 2 is 2.07 bits per heavy atom. The zero-order valence-corrected chi connectivity index (χ0v) is 8.23. The lowest BCUT2D eigenvalue weighted by Crippen LogP contribution is -2.23. The Morgan fingerprint density at radius 3 is 2.57 bits per heavy atom. The summed E-state index contributed by atoms with van der Waals surface area (Å²) in [6, 6.07) is 9.56. The molecular formula is C11H15NO2. The van der Waals surface area contributed by atoms with Gasteiger partial charge in [0.1, 0.15) is 0 Å². The van der Waals surface area contributed by atoms with Crippen molar-refractivity contribution in [1.82, 2.24) is 5.32 Å². The SMILES string of the molecule is CCN[C@@H](CC(=O)O)c1ccccc1. The third-order valence-corrected chi connectivity index (χ3v) is 2.03. The van der Waals surface area contributed by atoms with Gasteiger partial charge in [0.15, 0.2) is 0 Å². The van der Waals surface area contributed by atoms with E-state index in [0.29, 0.717) is 0 Å². The van der Waals surface area contributed by atoms with Crippen molar-refractivity contribution in [2.75, 3.05) is 6.54 Å². The highest BCUT2D eigenvalue weighted by molar-refractivity contribution is 5.67. The van der Waals surface area contributed by atoms with Crippen LogP contribution in [0.25, 0.3) is 0 Å². The van der Waals surface area contributed by atoms with Gasteiger partial charge in [0, 0.05) is 6.04 Å². The lowest BCUT2D eigenvalue weighted by atomic mass is 10.0. The second-order valence-electron chi connectivity index (χ2n) is 3.12. The van der Waals surface area contributed by atoms with Gasteiger partial charge in [0.05, 0.1) is 6.42 Å². The molecule has 0 aliphatic heterocycles. The fourth-order valence-electron chi connectivity index (χ4n) is 1.41. The van der Waals surface area contributed by atoms with Gasteiger partial charge in [-0.3, -0.25) is 4.79 Å². The smallest absolute Gasteiger partial charge is 0.305 e. The molecule has 2 N–H and O–H groups in total. The number of aliphatic carboxylic acids is 1. The third-order valence-electron chi connectivity index (χ3n) is 2.03. The predicted molar refractivity (Wildman–Crippen MR) is 55.1 cm³/mol. The van der Waals surface area contributed by atoms with Crippen LogP contribution in [0.1, 0.15) is 24.9 Å². The number of carboxylic acid groups (broad SMARTS) is 1. The van der Waals surface area contributed by atoms with Crippen LogP contribution in [0.15, 0.2) is 30.3 Å². The van der Waals surface area contributed by atoms with Crippen LogP contribution in [0, 0.1) is 0 Å². The van der Waals surface area contributed by atoms with Gasteiger partial charge >= 0.3 is 5.97 Å². The van der Waals surface area contributed by atoms with Gasteiger partial charge in [0.25, 0.3) is 0 Å². The average Bonchev–Trinajstić information content (AvgIpc) is 2.18. The first-order valence-electron chi connectivity index (χ1n) is 4.74. The zero-order chi connectivity index (χ0) is 10.4. The van der Waals surface area contributed by atoms with E-state index < -0.39 is 5.97 Å². The predicted octanol–water partition coefficient (Wildman–Crippen LogP) is 1.81. The molecule has 1 aromatic carbocycles. The lowest BCUT2D eigenvalue weighted by molar-refractivity contribution is -0.137. The highest BCUT2D eigenvalue weighted by Gasteiger charge is 2.13. The van der Waals surface area contributed by atoms with E-state index in [9.17, 15) is 4.79 Å². The molecule has 3 heteroatoms. The molecule has 0 aliphatic carbocycles. The number of carboxylic acids is 1. The van der Waals surface area contributed by atoms with Crippen molar-refractivity contribution in [1.29, 1.82) is 0 Å². The molecule has 0 fully saturated rings. The number of rotatable bonds is 5. The van der Waals surface area contributed by atoms with Crippen LogP contribution < -0.4 is 5.32 Å². The Balaban J connectivity index is 2.72. The van der Waals surface area contributed by atoms with Gasteiger partial charge < -0.3 is 10.4 Å². The molecule has 1 rings (SSSR count).